The Labute approximate surface area is 81.8 Å². The Morgan fingerprint density at radius 2 is 1.93 bits per heavy atom. The third-order valence-corrected chi connectivity index (χ3v) is 2.41. The molecule has 1 aliphatic carbocycles. The Balaban J connectivity index is 3.13. The van der Waals surface area contributed by atoms with E-state index in [-0.39, 0.29) is 5.92 Å². The highest BCUT2D eigenvalue weighted by molar-refractivity contribution is 5.32. The van der Waals surface area contributed by atoms with E-state index in [1.54, 1.807) is 13.8 Å². The summed E-state index contributed by atoms with van der Waals surface area (Å²) < 4.78 is 39.0. The Morgan fingerprint density at radius 1 is 1.29 bits per heavy atom. The molecule has 1 unspecified atom stereocenters. The average Bonchev–Trinajstić information content (AvgIpc) is 2.13. The average molecular weight is 202 g/mol. The van der Waals surface area contributed by atoms with Crippen LogP contribution >= 0.6 is 0 Å². The number of rotatable bonds is 1. The maximum Gasteiger partial charge on any atom is 0.161 e. The molecule has 1 aliphatic rings. The summed E-state index contributed by atoms with van der Waals surface area (Å²) in [5, 5.41) is 0. The van der Waals surface area contributed by atoms with Gasteiger partial charge in [0.2, 0.25) is 0 Å². The van der Waals surface area contributed by atoms with Crippen molar-refractivity contribution in [2.75, 3.05) is 0 Å². The molecule has 3 heteroatoms. The first-order valence-electron chi connectivity index (χ1n) is 4.68. The minimum absolute atomic E-state index is 0.0740. The predicted molar refractivity (Wildman–Crippen MR) is 50.6 cm³/mol. The van der Waals surface area contributed by atoms with Crippen LogP contribution in [-0.2, 0) is 0 Å². The molecular formula is C11H13F3. The summed E-state index contributed by atoms with van der Waals surface area (Å²) >= 11 is 0. The fraction of sp³-hybridized carbons (Fsp3) is 0.455. The number of halogens is 3. The van der Waals surface area contributed by atoms with Gasteiger partial charge in [-0.3, -0.25) is 0 Å². The van der Waals surface area contributed by atoms with E-state index in [9.17, 15) is 13.2 Å². The van der Waals surface area contributed by atoms with Gasteiger partial charge in [0.25, 0.3) is 0 Å². The molecule has 0 bridgehead atoms. The first kappa shape index (κ1) is 11.1. The van der Waals surface area contributed by atoms with Crippen LogP contribution in [0, 0.1) is 5.92 Å². The second-order valence-corrected chi connectivity index (χ2v) is 3.41. The molecule has 0 aromatic carbocycles. The van der Waals surface area contributed by atoms with Crippen LogP contribution in [0.5, 0.6) is 0 Å². The van der Waals surface area contributed by atoms with Crippen LogP contribution in [0.4, 0.5) is 13.2 Å². The highest BCUT2D eigenvalue weighted by Crippen LogP contribution is 2.29. The van der Waals surface area contributed by atoms with E-state index < -0.39 is 17.5 Å². The summed E-state index contributed by atoms with van der Waals surface area (Å²) in [6, 6.07) is 0. The van der Waals surface area contributed by atoms with Crippen molar-refractivity contribution in [3.63, 3.8) is 0 Å². The first-order chi connectivity index (χ1) is 6.56. The van der Waals surface area contributed by atoms with Crippen molar-refractivity contribution in [1.29, 1.82) is 0 Å². The second kappa shape index (κ2) is 4.49. The molecule has 0 saturated heterocycles. The lowest BCUT2D eigenvalue weighted by Crippen LogP contribution is -2.01. The molecule has 0 spiro atoms. The van der Waals surface area contributed by atoms with Crippen LogP contribution in [0.25, 0.3) is 0 Å². The Hall–Kier alpha value is -0.990. The summed E-state index contributed by atoms with van der Waals surface area (Å²) in [5.74, 6) is -2.81. The van der Waals surface area contributed by atoms with Gasteiger partial charge in [0.1, 0.15) is 5.83 Å². The quantitative estimate of drug-likeness (QED) is 0.592. The van der Waals surface area contributed by atoms with Gasteiger partial charge in [-0.15, -0.1) is 0 Å². The topological polar surface area (TPSA) is 0 Å². The molecule has 1 atom stereocenters. The standard InChI is InChI=1S/C11H13F3/c1-3-8-7(2)4-5-9(12)11(14)6-10(8)13/h5-7H,3-4H2,1-2H3. The molecule has 0 heterocycles. The second-order valence-electron chi connectivity index (χ2n) is 3.41. The van der Waals surface area contributed by atoms with Gasteiger partial charge in [0.05, 0.1) is 0 Å². The molecule has 0 radical (unpaired) electrons. The first-order valence-corrected chi connectivity index (χ1v) is 4.68. The van der Waals surface area contributed by atoms with Crippen LogP contribution < -0.4 is 0 Å². The van der Waals surface area contributed by atoms with Gasteiger partial charge in [0, 0.05) is 6.08 Å². The minimum atomic E-state index is -1.12. The van der Waals surface area contributed by atoms with Gasteiger partial charge >= 0.3 is 0 Å². The third kappa shape index (κ3) is 2.28. The maximum absolute atomic E-state index is 13.3. The normalized spacial score (nSPS) is 23.9. The van der Waals surface area contributed by atoms with E-state index in [4.69, 9.17) is 0 Å². The monoisotopic (exact) mass is 202 g/mol. The van der Waals surface area contributed by atoms with E-state index >= 15 is 0 Å². The third-order valence-electron chi connectivity index (χ3n) is 2.41. The van der Waals surface area contributed by atoms with Gasteiger partial charge in [-0.05, 0) is 30.4 Å². The van der Waals surface area contributed by atoms with Gasteiger partial charge in [-0.1, -0.05) is 13.8 Å². The Bertz CT molecular complexity index is 310. The zero-order valence-electron chi connectivity index (χ0n) is 8.28. The fourth-order valence-corrected chi connectivity index (χ4v) is 1.55. The van der Waals surface area contributed by atoms with Crippen molar-refractivity contribution in [3.05, 3.63) is 35.2 Å². The number of allylic oxidation sites excluding steroid dienone is 6. The SMILES string of the molecule is CCC1=C(F)C=C(F)C(F)=CCC1C. The Kier molecular flexibility index (Phi) is 3.55. The van der Waals surface area contributed by atoms with Crippen molar-refractivity contribution < 1.29 is 13.2 Å². The van der Waals surface area contributed by atoms with Gasteiger partial charge in [-0.2, -0.15) is 0 Å². The van der Waals surface area contributed by atoms with Gasteiger partial charge in [-0.25, -0.2) is 13.2 Å². The molecule has 78 valence electrons. The van der Waals surface area contributed by atoms with Gasteiger partial charge in [0.15, 0.2) is 11.7 Å². The lowest BCUT2D eigenvalue weighted by molar-refractivity contribution is 0.513. The molecular weight excluding hydrogens is 189 g/mol. The minimum Gasteiger partial charge on any atom is -0.207 e. The zero-order chi connectivity index (χ0) is 10.7. The maximum atomic E-state index is 13.3. The van der Waals surface area contributed by atoms with Crippen molar-refractivity contribution in [3.8, 4) is 0 Å². The Morgan fingerprint density at radius 3 is 2.50 bits per heavy atom. The van der Waals surface area contributed by atoms with Crippen LogP contribution in [0.15, 0.2) is 35.2 Å². The number of hydrogen-bond acceptors (Lipinski definition) is 0. The van der Waals surface area contributed by atoms with Crippen molar-refractivity contribution in [2.45, 2.75) is 26.7 Å². The van der Waals surface area contributed by atoms with Gasteiger partial charge < -0.3 is 0 Å². The molecule has 0 nitrogen and oxygen atoms in total. The lowest BCUT2D eigenvalue weighted by Gasteiger charge is -2.14. The summed E-state index contributed by atoms with van der Waals surface area (Å²) in [7, 11) is 0. The van der Waals surface area contributed by atoms with Crippen molar-refractivity contribution >= 4 is 0 Å². The van der Waals surface area contributed by atoms with Crippen LogP contribution in [-0.4, -0.2) is 0 Å². The van der Waals surface area contributed by atoms with E-state index in [1.165, 1.54) is 6.08 Å². The summed E-state index contributed by atoms with van der Waals surface area (Å²) in [5.41, 5.74) is 0.545. The van der Waals surface area contributed by atoms with E-state index in [0.29, 0.717) is 24.5 Å². The van der Waals surface area contributed by atoms with Crippen molar-refractivity contribution in [2.24, 2.45) is 5.92 Å². The summed E-state index contributed by atoms with van der Waals surface area (Å²) in [6.45, 7) is 3.61. The zero-order valence-corrected chi connectivity index (χ0v) is 8.28. The predicted octanol–water partition coefficient (Wildman–Crippen LogP) is 4.37. The molecule has 0 amide bonds. The van der Waals surface area contributed by atoms with Crippen LogP contribution in [0.1, 0.15) is 26.7 Å². The molecule has 0 saturated carbocycles. The lowest BCUT2D eigenvalue weighted by atomic mass is 9.93. The molecule has 0 fully saturated rings. The van der Waals surface area contributed by atoms with Crippen molar-refractivity contribution in [1.82, 2.24) is 0 Å². The van der Waals surface area contributed by atoms with E-state index in [1.807, 2.05) is 0 Å². The molecule has 14 heavy (non-hydrogen) atoms. The molecule has 0 aliphatic heterocycles. The fourth-order valence-electron chi connectivity index (χ4n) is 1.55. The largest absolute Gasteiger partial charge is 0.207 e. The highest BCUT2D eigenvalue weighted by atomic mass is 19.2. The smallest absolute Gasteiger partial charge is 0.161 e. The van der Waals surface area contributed by atoms with Crippen LogP contribution in [0.2, 0.25) is 0 Å². The molecule has 0 aromatic heterocycles. The molecule has 1 rings (SSSR count). The van der Waals surface area contributed by atoms with E-state index in [2.05, 4.69) is 0 Å². The van der Waals surface area contributed by atoms with Crippen LogP contribution in [0.3, 0.4) is 0 Å². The summed E-state index contributed by atoms with van der Waals surface area (Å²) in [6.07, 6.45) is 2.65. The summed E-state index contributed by atoms with van der Waals surface area (Å²) in [4.78, 5) is 0. The number of hydrogen-bond donors (Lipinski definition) is 0. The molecule has 0 N–H and O–H groups in total. The highest BCUT2D eigenvalue weighted by Gasteiger charge is 2.16. The molecule has 0 aromatic rings. The van der Waals surface area contributed by atoms with E-state index in [0.717, 1.165) is 0 Å².